The highest BCUT2D eigenvalue weighted by atomic mass is 16.7. The van der Waals surface area contributed by atoms with Crippen LogP contribution in [0, 0.1) is 0 Å². The molecule has 2 heterocycles. The summed E-state index contributed by atoms with van der Waals surface area (Å²) in [7, 11) is -0.658. The van der Waals surface area contributed by atoms with Crippen molar-refractivity contribution in [1.82, 2.24) is 4.57 Å². The molecule has 2 aromatic rings. The number of hydrogen-bond donors (Lipinski definition) is 1. The maximum Gasteiger partial charge on any atom is 0.495 e. The van der Waals surface area contributed by atoms with E-state index in [0.29, 0.717) is 5.46 Å². The second kappa shape index (κ2) is 6.98. The van der Waals surface area contributed by atoms with Crippen LogP contribution in [0.5, 0.6) is 0 Å². The molecule has 1 aliphatic heterocycles. The van der Waals surface area contributed by atoms with Gasteiger partial charge in [-0.25, -0.2) is 4.79 Å². The minimum atomic E-state index is -1.05. The molecular weight excluding hydrogens is 345 g/mol. The normalized spacial score (nSPS) is 19.0. The van der Waals surface area contributed by atoms with Crippen LogP contribution in [0.2, 0.25) is 0 Å². The Morgan fingerprint density at radius 3 is 2.22 bits per heavy atom. The van der Waals surface area contributed by atoms with Crippen molar-refractivity contribution in [3.63, 3.8) is 0 Å². The molecule has 1 fully saturated rings. The van der Waals surface area contributed by atoms with Crippen molar-refractivity contribution in [3.05, 3.63) is 64.6 Å². The summed E-state index contributed by atoms with van der Waals surface area (Å²) in [5.74, 6) is -1.05. The Kier molecular flexibility index (Phi) is 5.01. The molecule has 6 nitrogen and oxygen atoms in total. The first-order valence-electron chi connectivity index (χ1n) is 8.95. The van der Waals surface area contributed by atoms with Gasteiger partial charge < -0.3 is 19.0 Å². The number of aromatic nitrogens is 1. The number of rotatable bonds is 5. The van der Waals surface area contributed by atoms with Crippen molar-refractivity contribution in [1.29, 1.82) is 0 Å². The molecule has 1 saturated heterocycles. The number of carbonyl (C=O) groups is 1. The molecular formula is C20H24BNO5. The number of pyridine rings is 1. The summed E-state index contributed by atoms with van der Waals surface area (Å²) in [5.41, 5.74) is 0.0171. The van der Waals surface area contributed by atoms with Gasteiger partial charge in [0, 0.05) is 18.7 Å². The lowest BCUT2D eigenvalue weighted by molar-refractivity contribution is -0.141. The van der Waals surface area contributed by atoms with Crippen LogP contribution in [-0.2, 0) is 20.5 Å². The third-order valence-corrected chi connectivity index (χ3v) is 5.39. The van der Waals surface area contributed by atoms with Crippen LogP contribution in [-0.4, -0.2) is 34.0 Å². The van der Waals surface area contributed by atoms with Crippen LogP contribution >= 0.6 is 0 Å². The number of carboxylic acids is 1. The molecule has 1 aromatic heterocycles. The molecule has 1 atom stereocenters. The summed E-state index contributed by atoms with van der Waals surface area (Å²) in [4.78, 5) is 24.4. The number of aliphatic carboxylic acids is 1. The van der Waals surface area contributed by atoms with Gasteiger partial charge >= 0.3 is 13.1 Å². The molecule has 0 bridgehead atoms. The summed E-state index contributed by atoms with van der Waals surface area (Å²) in [5, 5.41) is 9.62. The minimum absolute atomic E-state index is 0.228. The van der Waals surface area contributed by atoms with Gasteiger partial charge in [0.2, 0.25) is 0 Å². The van der Waals surface area contributed by atoms with Crippen LogP contribution in [0.25, 0.3) is 0 Å². The average molecular weight is 369 g/mol. The van der Waals surface area contributed by atoms with Crippen LogP contribution in [0.3, 0.4) is 0 Å². The monoisotopic (exact) mass is 369 g/mol. The summed E-state index contributed by atoms with van der Waals surface area (Å²) in [6, 6.07) is 11.3. The molecule has 27 heavy (non-hydrogen) atoms. The van der Waals surface area contributed by atoms with Crippen LogP contribution in [0.1, 0.15) is 39.3 Å². The van der Waals surface area contributed by atoms with Gasteiger partial charge in [0.25, 0.3) is 5.56 Å². The lowest BCUT2D eigenvalue weighted by atomic mass is 9.80. The quantitative estimate of drug-likeness (QED) is 0.816. The molecule has 7 heteroatoms. The number of nitrogens with zero attached hydrogens (tertiary/aromatic N) is 1. The number of benzene rings is 1. The first-order chi connectivity index (χ1) is 12.6. The summed E-state index contributed by atoms with van der Waals surface area (Å²) >= 11 is 0. The summed E-state index contributed by atoms with van der Waals surface area (Å²) in [6.07, 6.45) is 1.73. The molecule has 142 valence electrons. The Hall–Kier alpha value is -2.38. The van der Waals surface area contributed by atoms with Crippen LogP contribution in [0.4, 0.5) is 0 Å². The van der Waals surface area contributed by atoms with Crippen molar-refractivity contribution >= 4 is 18.6 Å². The predicted octanol–water partition coefficient (Wildman–Crippen LogP) is 2.02. The Morgan fingerprint density at radius 2 is 1.70 bits per heavy atom. The largest absolute Gasteiger partial charge is 0.495 e. The third kappa shape index (κ3) is 3.84. The fraction of sp³-hybridized carbons (Fsp3) is 0.400. The first-order valence-corrected chi connectivity index (χ1v) is 8.95. The van der Waals surface area contributed by atoms with E-state index in [-0.39, 0.29) is 6.42 Å². The molecule has 0 saturated carbocycles. The fourth-order valence-corrected chi connectivity index (χ4v) is 3.03. The van der Waals surface area contributed by atoms with E-state index in [9.17, 15) is 14.7 Å². The van der Waals surface area contributed by atoms with Crippen molar-refractivity contribution in [2.75, 3.05) is 0 Å². The molecule has 1 aromatic carbocycles. The zero-order chi connectivity index (χ0) is 19.8. The molecule has 0 radical (unpaired) electrons. The number of hydrogen-bond acceptors (Lipinski definition) is 4. The maximum absolute atomic E-state index is 12.6. The smallest absolute Gasteiger partial charge is 0.480 e. The molecule has 1 unspecified atom stereocenters. The van der Waals surface area contributed by atoms with Crippen LogP contribution in [0.15, 0.2) is 53.5 Å². The van der Waals surface area contributed by atoms with E-state index in [1.54, 1.807) is 6.07 Å². The lowest BCUT2D eigenvalue weighted by Crippen LogP contribution is -2.41. The molecule has 0 amide bonds. The van der Waals surface area contributed by atoms with Gasteiger partial charge in [-0.3, -0.25) is 4.79 Å². The third-order valence-electron chi connectivity index (χ3n) is 5.39. The highest BCUT2D eigenvalue weighted by molar-refractivity contribution is 6.62. The highest BCUT2D eigenvalue weighted by Gasteiger charge is 2.51. The second-order valence-corrected chi connectivity index (χ2v) is 7.84. The zero-order valence-corrected chi connectivity index (χ0v) is 16.0. The van der Waals surface area contributed by atoms with E-state index in [0.717, 1.165) is 5.56 Å². The molecule has 1 N–H and O–H groups in total. The topological polar surface area (TPSA) is 77.8 Å². The summed E-state index contributed by atoms with van der Waals surface area (Å²) < 4.78 is 13.2. The van der Waals surface area contributed by atoms with Crippen molar-refractivity contribution < 1.29 is 19.2 Å². The predicted molar refractivity (Wildman–Crippen MR) is 103 cm³/mol. The van der Waals surface area contributed by atoms with E-state index in [1.807, 2.05) is 58.0 Å². The highest BCUT2D eigenvalue weighted by Crippen LogP contribution is 2.36. The molecule has 0 spiro atoms. The Balaban J connectivity index is 1.88. The zero-order valence-electron chi connectivity index (χ0n) is 16.0. The van der Waals surface area contributed by atoms with Gasteiger partial charge in [-0.1, -0.05) is 30.3 Å². The Bertz CT molecular complexity index is 875. The maximum atomic E-state index is 12.6. The SMILES string of the molecule is CC1(C)OB(c2ccn(C(Cc3ccccc3)C(=O)O)c(=O)c2)OC1(C)C. The van der Waals surface area contributed by atoms with Crippen molar-refractivity contribution in [2.45, 2.75) is 51.4 Å². The Labute approximate surface area is 158 Å². The number of carboxylic acid groups (broad SMARTS) is 1. The van der Waals surface area contributed by atoms with E-state index in [2.05, 4.69) is 0 Å². The van der Waals surface area contributed by atoms with Gasteiger partial charge in [0.05, 0.1) is 11.2 Å². The van der Waals surface area contributed by atoms with Crippen molar-refractivity contribution in [2.24, 2.45) is 0 Å². The standard InChI is InChI=1S/C20H24BNO5/c1-19(2)20(3,4)27-21(26-19)15-10-11-22(17(23)13-15)16(18(24)25)12-14-8-6-5-7-9-14/h5-11,13,16H,12H2,1-4H3,(H,24,25). The molecule has 1 aliphatic rings. The van der Waals surface area contributed by atoms with Gasteiger partial charge in [-0.2, -0.15) is 0 Å². The van der Waals surface area contributed by atoms with Gasteiger partial charge in [0.15, 0.2) is 0 Å². The first kappa shape index (κ1) is 19.4. The fourth-order valence-electron chi connectivity index (χ4n) is 3.03. The summed E-state index contributed by atoms with van der Waals surface area (Å²) in [6.45, 7) is 7.76. The average Bonchev–Trinajstić information content (AvgIpc) is 2.81. The minimum Gasteiger partial charge on any atom is -0.480 e. The van der Waals surface area contributed by atoms with E-state index in [4.69, 9.17) is 9.31 Å². The van der Waals surface area contributed by atoms with Gasteiger partial charge in [-0.15, -0.1) is 0 Å². The Morgan fingerprint density at radius 1 is 1.11 bits per heavy atom. The van der Waals surface area contributed by atoms with Gasteiger partial charge in [0.1, 0.15) is 6.04 Å². The molecule has 3 rings (SSSR count). The van der Waals surface area contributed by atoms with E-state index >= 15 is 0 Å². The van der Waals surface area contributed by atoms with Crippen molar-refractivity contribution in [3.8, 4) is 0 Å². The van der Waals surface area contributed by atoms with E-state index in [1.165, 1.54) is 16.8 Å². The van der Waals surface area contributed by atoms with Gasteiger partial charge in [-0.05, 0) is 44.8 Å². The van der Waals surface area contributed by atoms with Crippen LogP contribution < -0.4 is 11.0 Å². The lowest BCUT2D eigenvalue weighted by Gasteiger charge is -2.32. The molecule has 0 aliphatic carbocycles. The second-order valence-electron chi connectivity index (χ2n) is 7.84. The van der Waals surface area contributed by atoms with E-state index < -0.39 is 35.9 Å².